The first-order valence-electron chi connectivity index (χ1n) is 10.4. The summed E-state index contributed by atoms with van der Waals surface area (Å²) in [6.45, 7) is 0. The number of amides is 2. The Bertz CT molecular complexity index is 1260. The molecule has 0 spiro atoms. The number of para-hydroxylation sites is 1. The monoisotopic (exact) mass is 495 g/mol. The fourth-order valence-corrected chi connectivity index (χ4v) is 5.00. The van der Waals surface area contributed by atoms with Gasteiger partial charge in [-0.25, -0.2) is 4.98 Å². The van der Waals surface area contributed by atoms with Gasteiger partial charge in [0.05, 0.1) is 20.8 Å². The Hall–Kier alpha value is -2.87. The fourth-order valence-electron chi connectivity index (χ4n) is 3.34. The van der Waals surface area contributed by atoms with E-state index in [0.717, 1.165) is 26.5 Å². The summed E-state index contributed by atoms with van der Waals surface area (Å²) >= 11 is 9.37. The lowest BCUT2D eigenvalue weighted by Crippen LogP contribution is -2.44. The number of nitrogens with one attached hydrogen (secondary N) is 2. The highest BCUT2D eigenvalue weighted by Gasteiger charge is 2.22. The Morgan fingerprint density at radius 2 is 1.85 bits per heavy atom. The number of hydrogen-bond acceptors (Lipinski definition) is 5. The summed E-state index contributed by atoms with van der Waals surface area (Å²) in [7, 11) is 0. The normalized spacial score (nSPS) is 11.8. The van der Waals surface area contributed by atoms with Crippen LogP contribution in [-0.2, 0) is 4.79 Å². The van der Waals surface area contributed by atoms with Crippen molar-refractivity contribution >= 4 is 62.4 Å². The van der Waals surface area contributed by atoms with E-state index in [2.05, 4.69) is 10.6 Å². The first-order valence-corrected chi connectivity index (χ1v) is 12.9. The number of rotatable bonds is 8. The highest BCUT2D eigenvalue weighted by molar-refractivity contribution is 7.98. The molecule has 1 heterocycles. The van der Waals surface area contributed by atoms with Crippen molar-refractivity contribution in [3.63, 3.8) is 0 Å². The molecule has 168 valence electrons. The maximum absolute atomic E-state index is 13.1. The van der Waals surface area contributed by atoms with E-state index < -0.39 is 6.04 Å². The van der Waals surface area contributed by atoms with Crippen molar-refractivity contribution in [2.45, 2.75) is 12.5 Å². The summed E-state index contributed by atoms with van der Waals surface area (Å²) in [6.07, 6.45) is 2.47. The van der Waals surface area contributed by atoms with Crippen LogP contribution in [0.2, 0.25) is 5.02 Å². The van der Waals surface area contributed by atoms with Gasteiger partial charge in [-0.3, -0.25) is 9.59 Å². The zero-order valence-electron chi connectivity index (χ0n) is 17.9. The Balaban J connectivity index is 1.51. The standard InChI is InChI=1S/C25H22ClN3O2S2/c1-32-14-13-21(28-23(30)18-9-2-3-10-19(18)26)24(31)27-17-8-6-7-16(15-17)25-29-20-11-4-5-12-22(20)33-25/h2-12,15,21H,13-14H2,1H3,(H,27,31)(H,28,30). The maximum atomic E-state index is 13.1. The van der Waals surface area contributed by atoms with Crippen molar-refractivity contribution in [2.75, 3.05) is 17.3 Å². The number of fused-ring (bicyclic) bond motifs is 1. The molecule has 0 aliphatic carbocycles. The Kier molecular flexibility index (Phi) is 7.65. The predicted octanol–water partition coefficient (Wildman–Crippen LogP) is 6.11. The van der Waals surface area contributed by atoms with Crippen molar-refractivity contribution in [1.82, 2.24) is 10.3 Å². The maximum Gasteiger partial charge on any atom is 0.253 e. The summed E-state index contributed by atoms with van der Waals surface area (Å²) in [5.74, 6) is 0.0862. The van der Waals surface area contributed by atoms with E-state index in [-0.39, 0.29) is 11.8 Å². The van der Waals surface area contributed by atoms with Crippen molar-refractivity contribution in [2.24, 2.45) is 0 Å². The SMILES string of the molecule is CSCCC(NC(=O)c1ccccc1Cl)C(=O)Nc1cccc(-c2nc3ccccc3s2)c1. The highest BCUT2D eigenvalue weighted by Crippen LogP contribution is 2.31. The minimum atomic E-state index is -0.688. The van der Waals surface area contributed by atoms with Gasteiger partial charge in [-0.2, -0.15) is 11.8 Å². The number of thioether (sulfide) groups is 1. The van der Waals surface area contributed by atoms with E-state index in [1.165, 1.54) is 0 Å². The summed E-state index contributed by atoms with van der Waals surface area (Å²) in [5, 5.41) is 7.02. The number of anilines is 1. The van der Waals surface area contributed by atoms with E-state index in [4.69, 9.17) is 16.6 Å². The number of halogens is 1. The van der Waals surface area contributed by atoms with Crippen molar-refractivity contribution < 1.29 is 9.59 Å². The first-order chi connectivity index (χ1) is 16.0. The van der Waals surface area contributed by atoms with Gasteiger partial charge in [-0.15, -0.1) is 11.3 Å². The molecule has 0 aliphatic rings. The topological polar surface area (TPSA) is 71.1 Å². The molecule has 1 aromatic heterocycles. The number of aromatic nitrogens is 1. The van der Waals surface area contributed by atoms with E-state index in [1.807, 2.05) is 54.8 Å². The molecule has 0 aliphatic heterocycles. The van der Waals surface area contributed by atoms with E-state index in [9.17, 15) is 9.59 Å². The lowest BCUT2D eigenvalue weighted by atomic mass is 10.1. The molecule has 2 amide bonds. The molecule has 4 aromatic rings. The van der Waals surface area contributed by atoms with Crippen molar-refractivity contribution in [3.05, 3.63) is 83.4 Å². The Labute approximate surface area is 205 Å². The van der Waals surface area contributed by atoms with Crippen LogP contribution in [-0.4, -0.2) is 34.8 Å². The van der Waals surface area contributed by atoms with Gasteiger partial charge in [0.1, 0.15) is 11.0 Å². The third kappa shape index (κ3) is 5.74. The molecule has 8 heteroatoms. The van der Waals surface area contributed by atoms with Gasteiger partial charge in [0, 0.05) is 11.3 Å². The third-order valence-electron chi connectivity index (χ3n) is 5.02. The van der Waals surface area contributed by atoms with Gasteiger partial charge in [-0.05, 0) is 54.8 Å². The summed E-state index contributed by atoms with van der Waals surface area (Å²) < 4.78 is 1.11. The molecule has 33 heavy (non-hydrogen) atoms. The highest BCUT2D eigenvalue weighted by atomic mass is 35.5. The number of nitrogens with zero attached hydrogens (tertiary/aromatic N) is 1. The molecule has 2 N–H and O–H groups in total. The second-order valence-electron chi connectivity index (χ2n) is 7.34. The van der Waals surface area contributed by atoms with Crippen LogP contribution < -0.4 is 10.6 Å². The van der Waals surface area contributed by atoms with Gasteiger partial charge in [0.15, 0.2) is 0 Å². The van der Waals surface area contributed by atoms with Crippen LogP contribution in [0.25, 0.3) is 20.8 Å². The molecule has 0 fully saturated rings. The molecule has 1 unspecified atom stereocenters. The second kappa shape index (κ2) is 10.8. The van der Waals surface area contributed by atoms with Gasteiger partial charge >= 0.3 is 0 Å². The molecule has 4 rings (SSSR count). The van der Waals surface area contributed by atoms with Gasteiger partial charge in [-0.1, -0.05) is 48.0 Å². The first kappa shape index (κ1) is 23.3. The van der Waals surface area contributed by atoms with Crippen LogP contribution >= 0.6 is 34.7 Å². The van der Waals surface area contributed by atoms with Crippen molar-refractivity contribution in [1.29, 1.82) is 0 Å². The summed E-state index contributed by atoms with van der Waals surface area (Å²) in [6, 6.07) is 21.7. The van der Waals surface area contributed by atoms with Crippen LogP contribution in [0.3, 0.4) is 0 Å². The number of benzene rings is 3. The molecule has 3 aromatic carbocycles. The minimum absolute atomic E-state index is 0.272. The van der Waals surface area contributed by atoms with E-state index in [0.29, 0.717) is 22.7 Å². The number of carbonyl (C=O) groups excluding carboxylic acids is 2. The quantitative estimate of drug-likeness (QED) is 0.309. The molecule has 0 bridgehead atoms. The Morgan fingerprint density at radius 3 is 2.64 bits per heavy atom. The largest absolute Gasteiger partial charge is 0.340 e. The molecule has 1 atom stereocenters. The molecule has 0 radical (unpaired) electrons. The number of carbonyl (C=O) groups is 2. The molecular formula is C25H22ClN3O2S2. The van der Waals surface area contributed by atoms with Gasteiger partial charge < -0.3 is 10.6 Å². The van der Waals surface area contributed by atoms with Gasteiger partial charge in [0.2, 0.25) is 5.91 Å². The molecule has 5 nitrogen and oxygen atoms in total. The average Bonchev–Trinajstić information content (AvgIpc) is 3.26. The van der Waals surface area contributed by atoms with Gasteiger partial charge in [0.25, 0.3) is 5.91 Å². The van der Waals surface area contributed by atoms with E-state index in [1.54, 1.807) is 47.4 Å². The average molecular weight is 496 g/mol. The fraction of sp³-hybridized carbons (Fsp3) is 0.160. The minimum Gasteiger partial charge on any atom is -0.340 e. The van der Waals surface area contributed by atoms with Crippen LogP contribution in [0.5, 0.6) is 0 Å². The number of hydrogen-bond donors (Lipinski definition) is 2. The zero-order valence-corrected chi connectivity index (χ0v) is 20.3. The number of thiazole rings is 1. The lowest BCUT2D eigenvalue weighted by Gasteiger charge is -2.19. The van der Waals surface area contributed by atoms with E-state index >= 15 is 0 Å². The van der Waals surface area contributed by atoms with Crippen molar-refractivity contribution in [3.8, 4) is 10.6 Å². The second-order valence-corrected chi connectivity index (χ2v) is 9.77. The Morgan fingerprint density at radius 1 is 1.06 bits per heavy atom. The van der Waals surface area contributed by atoms with Crippen LogP contribution in [0.4, 0.5) is 5.69 Å². The van der Waals surface area contributed by atoms with Crippen LogP contribution in [0, 0.1) is 0 Å². The summed E-state index contributed by atoms with van der Waals surface area (Å²) in [5.41, 5.74) is 2.87. The van der Waals surface area contributed by atoms with Crippen LogP contribution in [0.15, 0.2) is 72.8 Å². The lowest BCUT2D eigenvalue weighted by molar-refractivity contribution is -0.118. The molecular weight excluding hydrogens is 474 g/mol. The third-order valence-corrected chi connectivity index (χ3v) is 7.08. The van der Waals surface area contributed by atoms with Crippen LogP contribution in [0.1, 0.15) is 16.8 Å². The summed E-state index contributed by atoms with van der Waals surface area (Å²) in [4.78, 5) is 30.5. The molecule has 0 saturated heterocycles. The smallest absolute Gasteiger partial charge is 0.253 e. The predicted molar refractivity (Wildman–Crippen MR) is 139 cm³/mol. The zero-order chi connectivity index (χ0) is 23.2. The molecule has 0 saturated carbocycles.